The van der Waals surface area contributed by atoms with E-state index in [1.54, 1.807) is 0 Å². The smallest absolute Gasteiger partial charge is 0.309 e. The van der Waals surface area contributed by atoms with Gasteiger partial charge in [-0.2, -0.15) is 0 Å². The molecule has 0 unspecified atom stereocenters. The predicted octanol–water partition coefficient (Wildman–Crippen LogP) is 4.88. The SMILES string of the molecule is CCCCOC(=O)[C@@H]1CC(C)=C(C)C[C@H]1CCCC. The van der Waals surface area contributed by atoms with Crippen molar-refractivity contribution in [2.24, 2.45) is 11.8 Å². The minimum Gasteiger partial charge on any atom is -0.465 e. The molecule has 0 heterocycles. The first-order chi connectivity index (χ1) is 9.10. The van der Waals surface area contributed by atoms with Gasteiger partial charge in [0.25, 0.3) is 0 Å². The Morgan fingerprint density at radius 1 is 1.11 bits per heavy atom. The second-order valence-corrected chi connectivity index (χ2v) is 6.00. The average molecular weight is 266 g/mol. The minimum absolute atomic E-state index is 0.0430. The Balaban J connectivity index is 2.62. The van der Waals surface area contributed by atoms with Gasteiger partial charge in [-0.05, 0) is 45.4 Å². The average Bonchev–Trinajstić information content (AvgIpc) is 2.39. The van der Waals surface area contributed by atoms with Crippen molar-refractivity contribution in [1.82, 2.24) is 0 Å². The van der Waals surface area contributed by atoms with Crippen molar-refractivity contribution in [3.63, 3.8) is 0 Å². The third kappa shape index (κ3) is 5.00. The van der Waals surface area contributed by atoms with Crippen LogP contribution in [0.15, 0.2) is 11.1 Å². The summed E-state index contributed by atoms with van der Waals surface area (Å²) in [7, 11) is 0. The number of allylic oxidation sites excluding steroid dienone is 2. The lowest BCUT2D eigenvalue weighted by atomic mass is 9.74. The van der Waals surface area contributed by atoms with Gasteiger partial charge in [0.05, 0.1) is 12.5 Å². The van der Waals surface area contributed by atoms with Gasteiger partial charge < -0.3 is 4.74 Å². The van der Waals surface area contributed by atoms with E-state index in [0.29, 0.717) is 12.5 Å². The van der Waals surface area contributed by atoms with E-state index in [2.05, 4.69) is 27.7 Å². The third-order valence-electron chi connectivity index (χ3n) is 4.37. The summed E-state index contributed by atoms with van der Waals surface area (Å²) in [5.41, 5.74) is 2.88. The highest BCUT2D eigenvalue weighted by Crippen LogP contribution is 2.37. The lowest BCUT2D eigenvalue weighted by molar-refractivity contribution is -0.151. The maximum Gasteiger partial charge on any atom is 0.309 e. The van der Waals surface area contributed by atoms with E-state index in [4.69, 9.17) is 4.74 Å². The first kappa shape index (κ1) is 16.3. The number of rotatable bonds is 7. The molecule has 1 rings (SSSR count). The molecular formula is C17H30O2. The summed E-state index contributed by atoms with van der Waals surface area (Å²) in [6, 6.07) is 0. The zero-order valence-corrected chi connectivity index (χ0v) is 13.1. The fraction of sp³-hybridized carbons (Fsp3) is 0.824. The van der Waals surface area contributed by atoms with Crippen molar-refractivity contribution in [2.75, 3.05) is 6.61 Å². The summed E-state index contributed by atoms with van der Waals surface area (Å²) in [4.78, 5) is 12.3. The molecule has 0 saturated carbocycles. The van der Waals surface area contributed by atoms with Crippen LogP contribution in [-0.2, 0) is 9.53 Å². The van der Waals surface area contributed by atoms with Crippen LogP contribution in [-0.4, -0.2) is 12.6 Å². The molecule has 0 aliphatic heterocycles. The molecule has 2 heteroatoms. The molecule has 1 aliphatic rings. The quantitative estimate of drug-likeness (QED) is 0.373. The van der Waals surface area contributed by atoms with Crippen molar-refractivity contribution >= 4 is 5.97 Å². The van der Waals surface area contributed by atoms with E-state index in [9.17, 15) is 4.79 Å². The van der Waals surface area contributed by atoms with Gasteiger partial charge in [-0.1, -0.05) is 44.3 Å². The summed E-state index contributed by atoms with van der Waals surface area (Å²) < 4.78 is 5.45. The largest absolute Gasteiger partial charge is 0.465 e. The van der Waals surface area contributed by atoms with Crippen molar-refractivity contribution in [3.8, 4) is 0 Å². The Labute approximate surface area is 118 Å². The fourth-order valence-corrected chi connectivity index (χ4v) is 2.85. The first-order valence-electron chi connectivity index (χ1n) is 7.91. The van der Waals surface area contributed by atoms with Crippen LogP contribution in [0.2, 0.25) is 0 Å². The number of hydrogen-bond donors (Lipinski definition) is 0. The predicted molar refractivity (Wildman–Crippen MR) is 80.0 cm³/mol. The fourth-order valence-electron chi connectivity index (χ4n) is 2.85. The summed E-state index contributed by atoms with van der Waals surface area (Å²) >= 11 is 0. The normalized spacial score (nSPS) is 23.6. The van der Waals surface area contributed by atoms with Crippen LogP contribution in [0.1, 0.15) is 72.6 Å². The summed E-state index contributed by atoms with van der Waals surface area (Å²) in [6.07, 6.45) is 7.63. The Morgan fingerprint density at radius 3 is 2.37 bits per heavy atom. The molecule has 0 radical (unpaired) electrons. The van der Waals surface area contributed by atoms with Crippen LogP contribution in [0.3, 0.4) is 0 Å². The minimum atomic E-state index is 0.0430. The highest BCUT2D eigenvalue weighted by molar-refractivity contribution is 5.73. The van der Waals surface area contributed by atoms with Crippen LogP contribution in [0, 0.1) is 11.8 Å². The molecule has 2 atom stereocenters. The highest BCUT2D eigenvalue weighted by Gasteiger charge is 2.33. The van der Waals surface area contributed by atoms with Crippen LogP contribution in [0.4, 0.5) is 0 Å². The first-order valence-corrected chi connectivity index (χ1v) is 7.91. The van der Waals surface area contributed by atoms with Gasteiger partial charge in [0.2, 0.25) is 0 Å². The van der Waals surface area contributed by atoms with E-state index in [-0.39, 0.29) is 11.9 Å². The Bertz CT molecular complexity index is 317. The molecule has 0 fully saturated rings. The van der Waals surface area contributed by atoms with Crippen molar-refractivity contribution in [3.05, 3.63) is 11.1 Å². The molecule has 1 aliphatic carbocycles. The van der Waals surface area contributed by atoms with Gasteiger partial charge in [-0.15, -0.1) is 0 Å². The van der Waals surface area contributed by atoms with Gasteiger partial charge in [0.1, 0.15) is 0 Å². The number of carbonyl (C=O) groups excluding carboxylic acids is 1. The molecule has 0 bridgehead atoms. The van der Waals surface area contributed by atoms with Gasteiger partial charge in [-0.3, -0.25) is 4.79 Å². The van der Waals surface area contributed by atoms with Gasteiger partial charge in [0.15, 0.2) is 0 Å². The van der Waals surface area contributed by atoms with E-state index in [0.717, 1.165) is 32.1 Å². The monoisotopic (exact) mass is 266 g/mol. The molecule has 19 heavy (non-hydrogen) atoms. The maximum atomic E-state index is 12.3. The van der Waals surface area contributed by atoms with Crippen molar-refractivity contribution in [1.29, 1.82) is 0 Å². The number of carbonyl (C=O) groups is 1. The molecule has 2 nitrogen and oxygen atoms in total. The Hall–Kier alpha value is -0.790. The second-order valence-electron chi connectivity index (χ2n) is 6.00. The van der Waals surface area contributed by atoms with Gasteiger partial charge in [-0.25, -0.2) is 0 Å². The highest BCUT2D eigenvalue weighted by atomic mass is 16.5. The van der Waals surface area contributed by atoms with Gasteiger partial charge in [0, 0.05) is 0 Å². The second kappa shape index (κ2) is 8.39. The standard InChI is InChI=1S/C17H30O2/c1-5-7-9-15-11-13(3)14(4)12-16(15)17(18)19-10-8-6-2/h15-16H,5-12H2,1-4H3/t15-,16-/m1/s1. The zero-order valence-electron chi connectivity index (χ0n) is 13.1. The maximum absolute atomic E-state index is 12.3. The lowest BCUT2D eigenvalue weighted by Crippen LogP contribution is -2.30. The number of unbranched alkanes of at least 4 members (excludes halogenated alkanes) is 2. The molecule has 0 aromatic heterocycles. The van der Waals surface area contributed by atoms with Crippen molar-refractivity contribution in [2.45, 2.75) is 72.6 Å². The number of hydrogen-bond acceptors (Lipinski definition) is 2. The lowest BCUT2D eigenvalue weighted by Gasteiger charge is -2.31. The van der Waals surface area contributed by atoms with Gasteiger partial charge >= 0.3 is 5.97 Å². The van der Waals surface area contributed by atoms with Crippen LogP contribution in [0.5, 0.6) is 0 Å². The molecule has 110 valence electrons. The van der Waals surface area contributed by atoms with E-state index in [1.807, 2.05) is 0 Å². The number of esters is 1. The molecule has 0 amide bonds. The van der Waals surface area contributed by atoms with E-state index >= 15 is 0 Å². The Morgan fingerprint density at radius 2 is 1.74 bits per heavy atom. The van der Waals surface area contributed by atoms with Crippen LogP contribution < -0.4 is 0 Å². The number of ether oxygens (including phenoxy) is 1. The zero-order chi connectivity index (χ0) is 14.3. The molecule has 0 N–H and O–H groups in total. The summed E-state index contributed by atoms with van der Waals surface area (Å²) in [5.74, 6) is 0.645. The molecule has 0 aromatic rings. The molecular weight excluding hydrogens is 236 g/mol. The molecule has 0 spiro atoms. The summed E-state index contributed by atoms with van der Waals surface area (Å²) in [6.45, 7) is 9.30. The van der Waals surface area contributed by atoms with E-state index in [1.165, 1.54) is 24.0 Å². The van der Waals surface area contributed by atoms with Crippen LogP contribution >= 0.6 is 0 Å². The Kier molecular flexibility index (Phi) is 7.19. The topological polar surface area (TPSA) is 26.3 Å². The summed E-state index contributed by atoms with van der Waals surface area (Å²) in [5, 5.41) is 0. The van der Waals surface area contributed by atoms with E-state index < -0.39 is 0 Å². The van der Waals surface area contributed by atoms with Crippen LogP contribution in [0.25, 0.3) is 0 Å². The third-order valence-corrected chi connectivity index (χ3v) is 4.37. The molecule has 0 saturated heterocycles. The molecule has 0 aromatic carbocycles. The van der Waals surface area contributed by atoms with Crippen molar-refractivity contribution < 1.29 is 9.53 Å².